The Bertz CT molecular complexity index is 95.2. The zero-order chi connectivity index (χ0) is 9.07. The molecule has 0 amide bonds. The lowest BCUT2D eigenvalue weighted by Crippen LogP contribution is -1.97. The minimum absolute atomic E-state index is 0.670. The molecule has 0 aliphatic rings. The molecule has 0 spiro atoms. The highest BCUT2D eigenvalue weighted by atomic mass is 79.9. The van der Waals surface area contributed by atoms with E-state index in [2.05, 4.69) is 31.9 Å². The predicted octanol–water partition coefficient (Wildman–Crippen LogP) is 2.37. The molecule has 0 aromatic heterocycles. The smallest absolute Gasteiger partial charge is 0.0648 e. The van der Waals surface area contributed by atoms with Crippen LogP contribution in [0.25, 0.3) is 0 Å². The molecule has 0 aromatic carbocycles. The zero-order valence-electron chi connectivity index (χ0n) is 6.97. The highest BCUT2D eigenvalue weighted by Gasteiger charge is 1.82. The maximum absolute atomic E-state index is 5.19. The number of halogens is 2. The highest BCUT2D eigenvalue weighted by molar-refractivity contribution is 9.09. The summed E-state index contributed by atoms with van der Waals surface area (Å²) in [6, 6.07) is 0. The molecule has 12 heavy (non-hydrogen) atoms. The lowest BCUT2D eigenvalue weighted by atomic mass is 10.5. The van der Waals surface area contributed by atoms with Gasteiger partial charge in [0, 0.05) is 10.7 Å². The minimum Gasteiger partial charge on any atom is -0.377 e. The molecule has 4 heteroatoms. The van der Waals surface area contributed by atoms with Crippen LogP contribution in [-0.4, -0.2) is 37.1 Å². The third-order valence-electron chi connectivity index (χ3n) is 1.04. The molecule has 0 unspecified atom stereocenters. The quantitative estimate of drug-likeness (QED) is 0.389. The lowest BCUT2D eigenvalue weighted by molar-refractivity contribution is 0.172. The zero-order valence-corrected chi connectivity index (χ0v) is 10.1. The summed E-state index contributed by atoms with van der Waals surface area (Å²) in [6.45, 7) is 2.85. The molecule has 0 rings (SSSR count). The van der Waals surface area contributed by atoms with Crippen molar-refractivity contribution >= 4 is 31.9 Å². The van der Waals surface area contributed by atoms with Gasteiger partial charge >= 0.3 is 0 Å². The lowest BCUT2D eigenvalue weighted by Gasteiger charge is -1.96. The molecule has 0 aliphatic heterocycles. The number of ether oxygens (including phenoxy) is 2. The van der Waals surface area contributed by atoms with E-state index in [1.165, 1.54) is 0 Å². The first-order valence-electron chi connectivity index (χ1n) is 3.84. The van der Waals surface area contributed by atoms with Gasteiger partial charge in [-0.1, -0.05) is 44.0 Å². The Hall–Kier alpha value is 0.620. The second-order valence-electron chi connectivity index (χ2n) is 2.00. The summed E-state index contributed by atoms with van der Waals surface area (Å²) in [7, 11) is 0. The van der Waals surface area contributed by atoms with E-state index in [0.717, 1.165) is 23.9 Å². The van der Waals surface area contributed by atoms with E-state index in [9.17, 15) is 0 Å². The molecule has 0 saturated heterocycles. The van der Waals surface area contributed by atoms with Crippen molar-refractivity contribution < 1.29 is 9.47 Å². The second-order valence-corrected chi connectivity index (χ2v) is 3.59. The van der Waals surface area contributed by atoms with E-state index in [0.29, 0.717) is 13.2 Å². The van der Waals surface area contributed by atoms with Crippen LogP contribution in [0.3, 0.4) is 0 Å². The second kappa shape index (κ2) is 11.6. The topological polar surface area (TPSA) is 18.5 Å². The minimum atomic E-state index is 0.670. The SMILES string of the molecule is BrCCOCC=CCOCCBr. The monoisotopic (exact) mass is 300 g/mol. The van der Waals surface area contributed by atoms with Gasteiger partial charge in [-0.15, -0.1) is 0 Å². The van der Waals surface area contributed by atoms with E-state index < -0.39 is 0 Å². The van der Waals surface area contributed by atoms with Crippen molar-refractivity contribution in [1.29, 1.82) is 0 Å². The van der Waals surface area contributed by atoms with Gasteiger partial charge in [-0.3, -0.25) is 0 Å². The average molecular weight is 302 g/mol. The molecule has 0 heterocycles. The Labute approximate surface area is 90.6 Å². The molecule has 0 atom stereocenters. The van der Waals surface area contributed by atoms with E-state index in [1.54, 1.807) is 0 Å². The third-order valence-corrected chi connectivity index (χ3v) is 1.69. The first-order valence-corrected chi connectivity index (χ1v) is 6.08. The van der Waals surface area contributed by atoms with Crippen molar-refractivity contribution in [2.45, 2.75) is 0 Å². The Morgan fingerprint density at radius 2 is 1.25 bits per heavy atom. The fourth-order valence-corrected chi connectivity index (χ4v) is 1.01. The van der Waals surface area contributed by atoms with Gasteiger partial charge in [-0.25, -0.2) is 0 Å². The van der Waals surface area contributed by atoms with Crippen LogP contribution in [0, 0.1) is 0 Å². The van der Waals surface area contributed by atoms with E-state index in [-0.39, 0.29) is 0 Å². The van der Waals surface area contributed by atoms with Crippen molar-refractivity contribution in [2.24, 2.45) is 0 Å². The van der Waals surface area contributed by atoms with Crippen molar-refractivity contribution in [3.05, 3.63) is 12.2 Å². The fourth-order valence-electron chi connectivity index (χ4n) is 0.548. The maximum atomic E-state index is 5.19. The first-order chi connectivity index (χ1) is 5.91. The number of rotatable bonds is 8. The van der Waals surface area contributed by atoms with Gasteiger partial charge in [0.2, 0.25) is 0 Å². The normalized spacial score (nSPS) is 11.2. The molecule has 0 N–H and O–H groups in total. The third kappa shape index (κ3) is 10.6. The van der Waals surface area contributed by atoms with Crippen LogP contribution >= 0.6 is 31.9 Å². The van der Waals surface area contributed by atoms with Crippen molar-refractivity contribution in [3.8, 4) is 0 Å². The van der Waals surface area contributed by atoms with Gasteiger partial charge < -0.3 is 9.47 Å². The molecule has 0 radical (unpaired) electrons. The van der Waals surface area contributed by atoms with Gasteiger partial charge in [0.25, 0.3) is 0 Å². The van der Waals surface area contributed by atoms with Crippen LogP contribution in [0.4, 0.5) is 0 Å². The summed E-state index contributed by atoms with van der Waals surface area (Å²) in [6.07, 6.45) is 3.94. The first kappa shape index (κ1) is 12.6. The van der Waals surface area contributed by atoms with Crippen LogP contribution in [0.1, 0.15) is 0 Å². The Kier molecular flexibility index (Phi) is 12.2. The summed E-state index contributed by atoms with van der Waals surface area (Å²) >= 11 is 6.55. The number of hydrogen-bond donors (Lipinski definition) is 0. The number of hydrogen-bond acceptors (Lipinski definition) is 2. The van der Waals surface area contributed by atoms with Crippen LogP contribution in [0.15, 0.2) is 12.2 Å². The van der Waals surface area contributed by atoms with Crippen molar-refractivity contribution in [3.63, 3.8) is 0 Å². The molecule has 0 fully saturated rings. The Morgan fingerprint density at radius 3 is 1.58 bits per heavy atom. The van der Waals surface area contributed by atoms with Crippen LogP contribution in [-0.2, 0) is 9.47 Å². The molecule has 2 nitrogen and oxygen atoms in total. The molecule has 72 valence electrons. The standard InChI is InChI=1S/C8H14Br2O2/c9-3-7-11-5-1-2-6-12-8-4-10/h1-2H,3-8H2. The molecule has 0 saturated carbocycles. The molecular weight excluding hydrogens is 288 g/mol. The van der Waals surface area contributed by atoms with Crippen LogP contribution in [0.2, 0.25) is 0 Å². The summed E-state index contributed by atoms with van der Waals surface area (Å²) in [5.41, 5.74) is 0. The molecule has 0 aromatic rings. The van der Waals surface area contributed by atoms with Gasteiger partial charge in [0.05, 0.1) is 26.4 Å². The van der Waals surface area contributed by atoms with E-state index in [1.807, 2.05) is 12.2 Å². The largest absolute Gasteiger partial charge is 0.377 e. The molecule has 0 aliphatic carbocycles. The Morgan fingerprint density at radius 1 is 0.833 bits per heavy atom. The summed E-state index contributed by atoms with van der Waals surface area (Å²) < 4.78 is 10.4. The van der Waals surface area contributed by atoms with Crippen molar-refractivity contribution in [1.82, 2.24) is 0 Å². The summed E-state index contributed by atoms with van der Waals surface area (Å²) in [4.78, 5) is 0. The van der Waals surface area contributed by atoms with Crippen molar-refractivity contribution in [2.75, 3.05) is 37.1 Å². The summed E-state index contributed by atoms with van der Waals surface area (Å²) in [5.74, 6) is 0. The average Bonchev–Trinajstić information content (AvgIpc) is 2.10. The van der Waals surface area contributed by atoms with Crippen LogP contribution in [0.5, 0.6) is 0 Å². The highest BCUT2D eigenvalue weighted by Crippen LogP contribution is 1.85. The fraction of sp³-hybridized carbons (Fsp3) is 0.750. The van der Waals surface area contributed by atoms with Gasteiger partial charge in [-0.2, -0.15) is 0 Å². The maximum Gasteiger partial charge on any atom is 0.0648 e. The van der Waals surface area contributed by atoms with Crippen LogP contribution < -0.4 is 0 Å². The molecular formula is C8H14Br2O2. The predicted molar refractivity (Wildman–Crippen MR) is 58.4 cm³/mol. The summed E-state index contributed by atoms with van der Waals surface area (Å²) in [5, 5.41) is 1.78. The van der Waals surface area contributed by atoms with Gasteiger partial charge in [0.15, 0.2) is 0 Å². The van der Waals surface area contributed by atoms with Gasteiger partial charge in [0.1, 0.15) is 0 Å². The number of alkyl halides is 2. The van der Waals surface area contributed by atoms with E-state index >= 15 is 0 Å². The molecule has 0 bridgehead atoms. The Balaban J connectivity index is 2.93. The van der Waals surface area contributed by atoms with Gasteiger partial charge in [-0.05, 0) is 0 Å². The van der Waals surface area contributed by atoms with E-state index in [4.69, 9.17) is 9.47 Å².